The van der Waals surface area contributed by atoms with Gasteiger partial charge in [-0.3, -0.25) is 9.59 Å². The lowest BCUT2D eigenvalue weighted by atomic mass is 9.75. The molecule has 2 aliphatic rings. The van der Waals surface area contributed by atoms with Crippen molar-refractivity contribution in [1.29, 1.82) is 0 Å². The number of carbonyl (C=O) groups is 2. The van der Waals surface area contributed by atoms with Gasteiger partial charge in [-0.25, -0.2) is 4.98 Å². The second-order valence-corrected chi connectivity index (χ2v) is 9.42. The number of Topliss-reactive ketones (excluding diaryl/α,β-unsaturated/α-hetero) is 2. The molecule has 1 unspecified atom stereocenters. The van der Waals surface area contributed by atoms with E-state index in [0.29, 0.717) is 30.5 Å². The molecule has 0 spiro atoms. The summed E-state index contributed by atoms with van der Waals surface area (Å²) in [6, 6.07) is 3.75. The summed E-state index contributed by atoms with van der Waals surface area (Å²) in [7, 11) is 0. The molecule has 0 radical (unpaired) electrons. The average Bonchev–Trinajstić information content (AvgIpc) is 3.20. The molecule has 3 heterocycles. The average molecular weight is 380 g/mol. The minimum atomic E-state index is -0.117. The number of fused-ring (bicyclic) bond motifs is 4. The van der Waals surface area contributed by atoms with E-state index in [1.165, 1.54) is 11.3 Å². The topological polar surface area (TPSA) is 86.2 Å². The quantitative estimate of drug-likeness (QED) is 0.670. The Labute approximate surface area is 160 Å². The Morgan fingerprint density at radius 3 is 2.78 bits per heavy atom. The number of anilines is 1. The van der Waals surface area contributed by atoms with E-state index in [1.807, 2.05) is 12.1 Å². The normalized spacial score (nSPS) is 21.3. The summed E-state index contributed by atoms with van der Waals surface area (Å²) in [6.07, 6.45) is 3.93. The Morgan fingerprint density at radius 1 is 1.22 bits per heavy atom. The van der Waals surface area contributed by atoms with E-state index in [0.717, 1.165) is 38.5 Å². The van der Waals surface area contributed by atoms with Crippen LogP contribution >= 0.6 is 11.3 Å². The van der Waals surface area contributed by atoms with Gasteiger partial charge in [0.1, 0.15) is 10.6 Å². The van der Waals surface area contributed by atoms with E-state index >= 15 is 0 Å². The fourth-order valence-electron chi connectivity index (χ4n) is 4.52. The van der Waals surface area contributed by atoms with Gasteiger partial charge < -0.3 is 10.2 Å². The molecule has 2 aliphatic carbocycles. The Balaban J connectivity index is 1.71. The standard InChI is InChI=1S/C21H20N2O3S/c1-21(2)8-12-17(14(25)9-21)18(22)16-11-6-10(15-4-3-5-26-15)7-13(24)19(11)27-20(16)23-12/h3-5,10H,6-9H2,1-2H3,(H2,22,23). The number of aromatic nitrogens is 1. The van der Waals surface area contributed by atoms with E-state index in [2.05, 4.69) is 13.8 Å². The SMILES string of the molecule is CC1(C)CC(=O)c2c(nc3sc4c(c3c2N)CC(c2ccco2)CC4=O)C1. The highest BCUT2D eigenvalue weighted by molar-refractivity contribution is 7.20. The van der Waals surface area contributed by atoms with Crippen LogP contribution in [0.5, 0.6) is 0 Å². The highest BCUT2D eigenvalue weighted by Gasteiger charge is 2.37. The Bertz CT molecular complexity index is 1110. The number of nitrogen functional groups attached to an aromatic ring is 1. The summed E-state index contributed by atoms with van der Waals surface area (Å²) >= 11 is 1.41. The molecule has 5 nitrogen and oxygen atoms in total. The molecule has 3 aromatic rings. The summed E-state index contributed by atoms with van der Waals surface area (Å²) < 4.78 is 5.54. The van der Waals surface area contributed by atoms with Gasteiger partial charge in [-0.05, 0) is 36.0 Å². The first-order valence-corrected chi connectivity index (χ1v) is 9.99. The highest BCUT2D eigenvalue weighted by atomic mass is 32.1. The lowest BCUT2D eigenvalue weighted by molar-refractivity contribution is 0.0910. The maximum atomic E-state index is 12.8. The van der Waals surface area contributed by atoms with E-state index in [1.54, 1.807) is 6.26 Å². The molecule has 5 rings (SSSR count). The number of carbonyl (C=O) groups excluding carboxylic acids is 2. The molecule has 2 N–H and O–H groups in total. The maximum absolute atomic E-state index is 12.8. The molecule has 0 bridgehead atoms. The third kappa shape index (κ3) is 2.46. The van der Waals surface area contributed by atoms with Crippen LogP contribution in [0.15, 0.2) is 22.8 Å². The molecular formula is C21H20N2O3S. The zero-order valence-electron chi connectivity index (χ0n) is 15.3. The third-order valence-corrected chi connectivity index (χ3v) is 6.86. The fraction of sp³-hybridized carbons (Fsp3) is 0.381. The molecule has 138 valence electrons. The van der Waals surface area contributed by atoms with E-state index < -0.39 is 0 Å². The second-order valence-electron chi connectivity index (χ2n) is 8.42. The van der Waals surface area contributed by atoms with Crippen LogP contribution in [0.1, 0.15) is 69.7 Å². The van der Waals surface area contributed by atoms with Crippen molar-refractivity contribution in [2.24, 2.45) is 5.41 Å². The van der Waals surface area contributed by atoms with Gasteiger partial charge in [0.25, 0.3) is 0 Å². The summed E-state index contributed by atoms with van der Waals surface area (Å²) in [6.45, 7) is 4.15. The fourth-order valence-corrected chi connectivity index (χ4v) is 5.72. The molecule has 0 saturated carbocycles. The predicted octanol–water partition coefficient (Wildman–Crippen LogP) is 4.54. The van der Waals surface area contributed by atoms with E-state index in [9.17, 15) is 9.59 Å². The van der Waals surface area contributed by atoms with Crippen molar-refractivity contribution in [2.45, 2.75) is 45.4 Å². The van der Waals surface area contributed by atoms with Crippen LogP contribution in [0.2, 0.25) is 0 Å². The molecule has 0 aliphatic heterocycles. The number of ketones is 2. The first kappa shape index (κ1) is 16.7. The molecule has 0 aromatic carbocycles. The molecule has 6 heteroatoms. The molecular weight excluding hydrogens is 360 g/mol. The van der Waals surface area contributed by atoms with Gasteiger partial charge >= 0.3 is 0 Å². The van der Waals surface area contributed by atoms with Crippen molar-refractivity contribution in [3.8, 4) is 0 Å². The van der Waals surface area contributed by atoms with Gasteiger partial charge in [-0.2, -0.15) is 0 Å². The number of pyridine rings is 1. The van der Waals surface area contributed by atoms with Crippen LogP contribution in [-0.4, -0.2) is 16.6 Å². The maximum Gasteiger partial charge on any atom is 0.173 e. The van der Waals surface area contributed by atoms with Crippen molar-refractivity contribution < 1.29 is 14.0 Å². The highest BCUT2D eigenvalue weighted by Crippen LogP contribution is 2.46. The van der Waals surface area contributed by atoms with Crippen LogP contribution in [0.4, 0.5) is 5.69 Å². The van der Waals surface area contributed by atoms with Crippen LogP contribution < -0.4 is 5.73 Å². The Kier molecular flexibility index (Phi) is 3.41. The number of nitrogens with zero attached hydrogens (tertiary/aromatic N) is 1. The van der Waals surface area contributed by atoms with Gasteiger partial charge in [0.2, 0.25) is 0 Å². The predicted molar refractivity (Wildman–Crippen MR) is 105 cm³/mol. The smallest absolute Gasteiger partial charge is 0.173 e. The molecule has 27 heavy (non-hydrogen) atoms. The van der Waals surface area contributed by atoms with Gasteiger partial charge in [-0.15, -0.1) is 11.3 Å². The third-order valence-electron chi connectivity index (χ3n) is 5.70. The van der Waals surface area contributed by atoms with E-state index in [4.69, 9.17) is 15.1 Å². The molecule has 1 atom stereocenters. The van der Waals surface area contributed by atoms with Crippen LogP contribution in [0.25, 0.3) is 10.2 Å². The number of thiophene rings is 1. The van der Waals surface area contributed by atoms with Crippen molar-refractivity contribution in [2.75, 3.05) is 5.73 Å². The lowest BCUT2D eigenvalue weighted by Gasteiger charge is -2.30. The van der Waals surface area contributed by atoms with E-state index in [-0.39, 0.29) is 22.9 Å². The first-order chi connectivity index (χ1) is 12.8. The Hall–Kier alpha value is -2.47. The van der Waals surface area contributed by atoms with Crippen LogP contribution in [0.3, 0.4) is 0 Å². The minimum absolute atomic E-state index is 0.00265. The number of hydrogen-bond acceptors (Lipinski definition) is 6. The molecule has 0 amide bonds. The number of rotatable bonds is 1. The van der Waals surface area contributed by atoms with Crippen LogP contribution in [-0.2, 0) is 12.8 Å². The number of nitrogens with two attached hydrogens (primary N) is 1. The largest absolute Gasteiger partial charge is 0.469 e. The monoisotopic (exact) mass is 380 g/mol. The van der Waals surface area contributed by atoms with Crippen molar-refractivity contribution in [3.05, 3.63) is 45.9 Å². The number of hydrogen-bond donors (Lipinski definition) is 1. The molecule has 3 aromatic heterocycles. The minimum Gasteiger partial charge on any atom is -0.469 e. The molecule has 0 fully saturated rings. The Morgan fingerprint density at radius 2 is 2.04 bits per heavy atom. The first-order valence-electron chi connectivity index (χ1n) is 9.17. The van der Waals surface area contributed by atoms with Crippen molar-refractivity contribution in [3.63, 3.8) is 0 Å². The van der Waals surface area contributed by atoms with Gasteiger partial charge in [0.15, 0.2) is 11.6 Å². The summed E-state index contributed by atoms with van der Waals surface area (Å²) in [5, 5.41) is 0.798. The van der Waals surface area contributed by atoms with Crippen LogP contribution in [0, 0.1) is 5.41 Å². The second kappa shape index (κ2) is 5.52. The van der Waals surface area contributed by atoms with Gasteiger partial charge in [0.05, 0.1) is 28.1 Å². The van der Waals surface area contributed by atoms with Crippen molar-refractivity contribution in [1.82, 2.24) is 4.98 Å². The lowest BCUT2D eigenvalue weighted by Crippen LogP contribution is -2.28. The zero-order chi connectivity index (χ0) is 18.9. The summed E-state index contributed by atoms with van der Waals surface area (Å²) in [5.41, 5.74) is 9.16. The van der Waals surface area contributed by atoms with Gasteiger partial charge in [-0.1, -0.05) is 13.8 Å². The summed E-state index contributed by atoms with van der Waals surface area (Å²) in [4.78, 5) is 31.9. The number of furan rings is 1. The van der Waals surface area contributed by atoms with Crippen molar-refractivity contribution >= 4 is 38.8 Å². The van der Waals surface area contributed by atoms with Gasteiger partial charge in [0, 0.05) is 24.1 Å². The molecule has 0 saturated heterocycles. The summed E-state index contributed by atoms with van der Waals surface area (Å²) in [5.74, 6) is 0.973. The zero-order valence-corrected chi connectivity index (χ0v) is 16.1.